The fourth-order valence-corrected chi connectivity index (χ4v) is 1.87. The SMILES string of the molecule is CC(C)(C)OC(=O)/C=C/c1ccc2[nH]c(C(=O)O)cc2c1. The summed E-state index contributed by atoms with van der Waals surface area (Å²) in [6, 6.07) is 6.93. The molecular weight excluding hydrogens is 270 g/mol. The summed E-state index contributed by atoms with van der Waals surface area (Å²) in [5.41, 5.74) is 1.15. The van der Waals surface area contributed by atoms with Gasteiger partial charge in [-0.3, -0.25) is 0 Å². The van der Waals surface area contributed by atoms with Gasteiger partial charge in [-0.05, 0) is 50.6 Å². The Morgan fingerprint density at radius 1 is 1.24 bits per heavy atom. The van der Waals surface area contributed by atoms with E-state index in [1.165, 1.54) is 6.08 Å². The van der Waals surface area contributed by atoms with Crippen molar-refractivity contribution < 1.29 is 19.4 Å². The molecule has 5 heteroatoms. The minimum Gasteiger partial charge on any atom is -0.477 e. The summed E-state index contributed by atoms with van der Waals surface area (Å²) >= 11 is 0. The van der Waals surface area contributed by atoms with Gasteiger partial charge in [0, 0.05) is 17.0 Å². The minimum atomic E-state index is -1.00. The van der Waals surface area contributed by atoms with Gasteiger partial charge in [0.2, 0.25) is 0 Å². The second-order valence-electron chi connectivity index (χ2n) is 5.70. The van der Waals surface area contributed by atoms with Gasteiger partial charge in [0.1, 0.15) is 11.3 Å². The van der Waals surface area contributed by atoms with Crippen molar-refractivity contribution in [1.29, 1.82) is 0 Å². The molecule has 1 heterocycles. The first kappa shape index (κ1) is 14.8. The Balaban J connectivity index is 2.19. The fourth-order valence-electron chi connectivity index (χ4n) is 1.87. The summed E-state index contributed by atoms with van der Waals surface area (Å²) in [6.45, 7) is 5.41. The summed E-state index contributed by atoms with van der Waals surface area (Å²) < 4.78 is 5.17. The molecule has 0 spiro atoms. The Hall–Kier alpha value is -2.56. The van der Waals surface area contributed by atoms with Gasteiger partial charge in [0.15, 0.2) is 0 Å². The molecule has 0 saturated carbocycles. The average Bonchev–Trinajstić information content (AvgIpc) is 2.77. The molecule has 0 aliphatic rings. The summed E-state index contributed by atoms with van der Waals surface area (Å²) in [5, 5.41) is 9.71. The van der Waals surface area contributed by atoms with E-state index in [2.05, 4.69) is 4.98 Å². The Bertz CT molecular complexity index is 719. The van der Waals surface area contributed by atoms with E-state index >= 15 is 0 Å². The molecular formula is C16H17NO4. The number of carboxylic acids is 1. The number of benzene rings is 1. The van der Waals surface area contributed by atoms with E-state index in [0.29, 0.717) is 0 Å². The van der Waals surface area contributed by atoms with E-state index in [9.17, 15) is 9.59 Å². The number of nitrogens with one attached hydrogen (secondary N) is 1. The summed E-state index contributed by atoms with van der Waals surface area (Å²) in [4.78, 5) is 25.3. The minimum absolute atomic E-state index is 0.137. The molecule has 1 aromatic carbocycles. The van der Waals surface area contributed by atoms with E-state index in [1.807, 2.05) is 0 Å². The number of carbonyl (C=O) groups is 2. The number of ether oxygens (including phenoxy) is 1. The van der Waals surface area contributed by atoms with Gasteiger partial charge < -0.3 is 14.8 Å². The molecule has 0 radical (unpaired) electrons. The van der Waals surface area contributed by atoms with Crippen molar-refractivity contribution in [3.05, 3.63) is 41.6 Å². The van der Waals surface area contributed by atoms with Crippen molar-refractivity contribution in [1.82, 2.24) is 4.98 Å². The van der Waals surface area contributed by atoms with Crippen LogP contribution in [0.5, 0.6) is 0 Å². The normalized spacial score (nSPS) is 12.0. The number of esters is 1. The number of carboxylic acid groups (broad SMARTS) is 1. The highest BCUT2D eigenvalue weighted by Crippen LogP contribution is 2.18. The molecule has 0 bridgehead atoms. The monoisotopic (exact) mass is 287 g/mol. The molecule has 2 rings (SSSR count). The van der Waals surface area contributed by atoms with Gasteiger partial charge in [-0.25, -0.2) is 9.59 Å². The van der Waals surface area contributed by atoms with Crippen molar-refractivity contribution >= 4 is 28.9 Å². The summed E-state index contributed by atoms with van der Waals surface area (Å²) in [5.74, 6) is -1.42. The van der Waals surface area contributed by atoms with Crippen LogP contribution in [0.3, 0.4) is 0 Å². The number of hydrogen-bond donors (Lipinski definition) is 2. The number of aromatic nitrogens is 1. The Labute approximate surface area is 122 Å². The molecule has 0 unspecified atom stereocenters. The Morgan fingerprint density at radius 2 is 1.95 bits per heavy atom. The van der Waals surface area contributed by atoms with Gasteiger partial charge in [-0.15, -0.1) is 0 Å². The lowest BCUT2D eigenvalue weighted by atomic mass is 10.1. The van der Waals surface area contributed by atoms with Crippen LogP contribution in [0.2, 0.25) is 0 Å². The maximum absolute atomic E-state index is 11.6. The van der Waals surface area contributed by atoms with Crippen LogP contribution in [0.25, 0.3) is 17.0 Å². The van der Waals surface area contributed by atoms with Crippen molar-refractivity contribution in [3.63, 3.8) is 0 Å². The van der Waals surface area contributed by atoms with E-state index in [4.69, 9.17) is 9.84 Å². The van der Waals surface area contributed by atoms with Crippen molar-refractivity contribution in [2.45, 2.75) is 26.4 Å². The molecule has 2 N–H and O–H groups in total. The lowest BCUT2D eigenvalue weighted by Crippen LogP contribution is -2.22. The zero-order valence-electron chi connectivity index (χ0n) is 12.1. The Morgan fingerprint density at radius 3 is 2.57 bits per heavy atom. The molecule has 0 atom stereocenters. The maximum atomic E-state index is 11.6. The lowest BCUT2D eigenvalue weighted by molar-refractivity contribution is -0.148. The van der Waals surface area contributed by atoms with Crippen LogP contribution in [0.15, 0.2) is 30.3 Å². The van der Waals surface area contributed by atoms with E-state index < -0.39 is 17.5 Å². The van der Waals surface area contributed by atoms with Crippen LogP contribution in [-0.2, 0) is 9.53 Å². The second-order valence-corrected chi connectivity index (χ2v) is 5.70. The summed E-state index contributed by atoms with van der Waals surface area (Å²) in [6.07, 6.45) is 3.00. The standard InChI is InChI=1S/C16H17NO4/c1-16(2,3)21-14(18)7-5-10-4-6-12-11(8-10)9-13(17-12)15(19)20/h4-9,17H,1-3H3,(H,19,20)/b7-5+. The zero-order chi connectivity index (χ0) is 15.6. The first-order valence-electron chi connectivity index (χ1n) is 6.52. The van der Waals surface area contributed by atoms with E-state index in [1.54, 1.807) is 51.1 Å². The number of rotatable bonds is 3. The molecule has 2 aromatic rings. The highest BCUT2D eigenvalue weighted by molar-refractivity contribution is 5.95. The number of carbonyl (C=O) groups excluding carboxylic acids is 1. The number of hydrogen-bond acceptors (Lipinski definition) is 3. The van der Waals surface area contributed by atoms with Crippen LogP contribution < -0.4 is 0 Å². The van der Waals surface area contributed by atoms with Crippen LogP contribution in [0.1, 0.15) is 36.8 Å². The molecule has 0 amide bonds. The largest absolute Gasteiger partial charge is 0.477 e. The molecule has 21 heavy (non-hydrogen) atoms. The summed E-state index contributed by atoms with van der Waals surface area (Å²) in [7, 11) is 0. The molecule has 0 saturated heterocycles. The molecule has 0 fully saturated rings. The van der Waals surface area contributed by atoms with Crippen LogP contribution >= 0.6 is 0 Å². The third-order valence-electron chi connectivity index (χ3n) is 2.69. The van der Waals surface area contributed by atoms with Gasteiger partial charge in [0.25, 0.3) is 0 Å². The first-order valence-corrected chi connectivity index (χ1v) is 6.52. The highest BCUT2D eigenvalue weighted by Gasteiger charge is 2.13. The molecule has 1 aromatic heterocycles. The number of aromatic amines is 1. The highest BCUT2D eigenvalue weighted by atomic mass is 16.6. The maximum Gasteiger partial charge on any atom is 0.352 e. The lowest BCUT2D eigenvalue weighted by Gasteiger charge is -2.17. The second kappa shape index (κ2) is 5.44. The molecule has 0 aliphatic carbocycles. The van der Waals surface area contributed by atoms with Crippen molar-refractivity contribution in [3.8, 4) is 0 Å². The van der Waals surface area contributed by atoms with Gasteiger partial charge >= 0.3 is 11.9 Å². The zero-order valence-corrected chi connectivity index (χ0v) is 12.1. The number of H-pyrrole nitrogens is 1. The predicted octanol–water partition coefficient (Wildman–Crippen LogP) is 3.22. The third-order valence-corrected chi connectivity index (χ3v) is 2.69. The predicted molar refractivity (Wildman–Crippen MR) is 80.1 cm³/mol. The quantitative estimate of drug-likeness (QED) is 0.671. The molecule has 110 valence electrons. The van der Waals surface area contributed by atoms with E-state index in [-0.39, 0.29) is 5.69 Å². The average molecular weight is 287 g/mol. The van der Waals surface area contributed by atoms with Gasteiger partial charge in [-0.2, -0.15) is 0 Å². The topological polar surface area (TPSA) is 79.4 Å². The number of aromatic carboxylic acids is 1. The molecule has 5 nitrogen and oxygen atoms in total. The van der Waals surface area contributed by atoms with Crippen LogP contribution in [0.4, 0.5) is 0 Å². The van der Waals surface area contributed by atoms with Crippen molar-refractivity contribution in [2.24, 2.45) is 0 Å². The third kappa shape index (κ3) is 3.95. The number of fused-ring (bicyclic) bond motifs is 1. The fraction of sp³-hybridized carbons (Fsp3) is 0.250. The van der Waals surface area contributed by atoms with Crippen molar-refractivity contribution in [2.75, 3.05) is 0 Å². The first-order chi connectivity index (χ1) is 9.74. The molecule has 0 aliphatic heterocycles. The smallest absolute Gasteiger partial charge is 0.352 e. The van der Waals surface area contributed by atoms with Gasteiger partial charge in [0.05, 0.1) is 0 Å². The van der Waals surface area contributed by atoms with Crippen LogP contribution in [-0.4, -0.2) is 27.6 Å². The van der Waals surface area contributed by atoms with Gasteiger partial charge in [-0.1, -0.05) is 6.07 Å². The Kier molecular flexibility index (Phi) is 3.84. The van der Waals surface area contributed by atoms with E-state index in [0.717, 1.165) is 16.5 Å². The van der Waals surface area contributed by atoms with Crippen LogP contribution in [0, 0.1) is 0 Å².